The van der Waals surface area contributed by atoms with Crippen LogP contribution in [0.15, 0.2) is 36.4 Å². The van der Waals surface area contributed by atoms with Gasteiger partial charge in [0.2, 0.25) is 5.91 Å². The lowest BCUT2D eigenvalue weighted by Crippen LogP contribution is -2.48. The van der Waals surface area contributed by atoms with Gasteiger partial charge in [0.15, 0.2) is 0 Å². The zero-order chi connectivity index (χ0) is 16.3. The van der Waals surface area contributed by atoms with E-state index in [2.05, 4.69) is 10.3 Å². The molecule has 1 aromatic carbocycles. The molecule has 2 N–H and O–H groups in total. The fourth-order valence-electron chi connectivity index (χ4n) is 3.04. The van der Waals surface area contributed by atoms with Crippen LogP contribution in [0.1, 0.15) is 31.4 Å². The number of hydrogen-bond acceptors (Lipinski definition) is 3. The quantitative estimate of drug-likeness (QED) is 0.845. The second-order valence-corrected chi connectivity index (χ2v) is 6.48. The maximum Gasteiger partial charge on any atom is 0.244 e. The van der Waals surface area contributed by atoms with Gasteiger partial charge in [0, 0.05) is 16.5 Å². The van der Waals surface area contributed by atoms with Crippen molar-refractivity contribution in [1.82, 2.24) is 10.3 Å². The van der Waals surface area contributed by atoms with E-state index in [0.29, 0.717) is 10.7 Å². The Hall–Kier alpha value is -1.91. The second-order valence-electron chi connectivity index (χ2n) is 6.04. The first-order chi connectivity index (χ1) is 11.1. The molecule has 0 atom stereocenters. The Bertz CT molecular complexity index is 752. The van der Waals surface area contributed by atoms with Crippen LogP contribution >= 0.6 is 11.6 Å². The van der Waals surface area contributed by atoms with Gasteiger partial charge in [0.25, 0.3) is 0 Å². The summed E-state index contributed by atoms with van der Waals surface area (Å²) in [5.74, 6) is -0.200. The van der Waals surface area contributed by atoms with E-state index in [1.165, 1.54) is 6.08 Å². The number of benzene rings is 1. The summed E-state index contributed by atoms with van der Waals surface area (Å²) in [5, 5.41) is 14.1. The number of carbonyl (C=O) groups is 1. The number of pyridine rings is 1. The summed E-state index contributed by atoms with van der Waals surface area (Å²) in [6.45, 7) is -0.0146. The minimum atomic E-state index is -0.453. The number of aliphatic hydroxyl groups is 1. The number of aliphatic hydroxyl groups excluding tert-OH is 1. The van der Waals surface area contributed by atoms with Crippen LogP contribution in [-0.2, 0) is 4.79 Å². The molecule has 5 heteroatoms. The summed E-state index contributed by atoms with van der Waals surface area (Å²) < 4.78 is 0. The molecule has 0 spiro atoms. The summed E-state index contributed by atoms with van der Waals surface area (Å²) in [6, 6.07) is 9.34. The molecule has 4 nitrogen and oxygen atoms in total. The Labute approximate surface area is 140 Å². The predicted molar refractivity (Wildman–Crippen MR) is 92.2 cm³/mol. The molecule has 1 heterocycles. The normalized spacial score (nSPS) is 17.0. The standard InChI is InChI=1S/C18H19ClN2O2/c19-14-5-3-13-4-6-15(20-16(13)11-14)7-8-17(23)21-18(12-22)9-1-2-10-18/h3-8,11,22H,1-2,9-10,12H2,(H,21,23)/b8-7+. The first kappa shape index (κ1) is 16.0. The van der Waals surface area contributed by atoms with Crippen molar-refractivity contribution in [1.29, 1.82) is 0 Å². The van der Waals surface area contributed by atoms with Crippen LogP contribution in [-0.4, -0.2) is 28.1 Å². The molecular weight excluding hydrogens is 312 g/mol. The van der Waals surface area contributed by atoms with Crippen LogP contribution in [0.4, 0.5) is 0 Å². The highest BCUT2D eigenvalue weighted by atomic mass is 35.5. The molecule has 3 rings (SSSR count). The number of hydrogen-bond donors (Lipinski definition) is 2. The van der Waals surface area contributed by atoms with E-state index in [0.717, 1.165) is 36.6 Å². The highest BCUT2D eigenvalue weighted by molar-refractivity contribution is 6.31. The molecule has 23 heavy (non-hydrogen) atoms. The summed E-state index contributed by atoms with van der Waals surface area (Å²) in [5.41, 5.74) is 1.04. The molecule has 1 amide bonds. The number of nitrogens with zero attached hydrogens (tertiary/aromatic N) is 1. The van der Waals surface area contributed by atoms with Crippen molar-refractivity contribution in [2.45, 2.75) is 31.2 Å². The molecule has 0 saturated heterocycles. The first-order valence-corrected chi connectivity index (χ1v) is 8.15. The maximum atomic E-state index is 12.1. The van der Waals surface area contributed by atoms with Gasteiger partial charge in [0.05, 0.1) is 23.4 Å². The summed E-state index contributed by atoms with van der Waals surface area (Å²) in [4.78, 5) is 16.6. The highest BCUT2D eigenvalue weighted by Gasteiger charge is 2.33. The van der Waals surface area contributed by atoms with Gasteiger partial charge in [-0.25, -0.2) is 4.98 Å². The minimum absolute atomic E-state index is 0.0146. The van der Waals surface area contributed by atoms with E-state index in [9.17, 15) is 9.90 Å². The highest BCUT2D eigenvalue weighted by Crippen LogP contribution is 2.29. The average molecular weight is 331 g/mol. The van der Waals surface area contributed by atoms with Crippen LogP contribution in [0, 0.1) is 0 Å². The fourth-order valence-corrected chi connectivity index (χ4v) is 3.20. The van der Waals surface area contributed by atoms with Gasteiger partial charge in [-0.05, 0) is 37.1 Å². The number of rotatable bonds is 4. The SMILES string of the molecule is O=C(/C=C/c1ccc2ccc(Cl)cc2n1)NC1(CO)CCCC1. The van der Waals surface area contributed by atoms with Crippen LogP contribution < -0.4 is 5.32 Å². The van der Waals surface area contributed by atoms with Crippen molar-refractivity contribution in [3.05, 3.63) is 47.1 Å². The van der Waals surface area contributed by atoms with Gasteiger partial charge in [0.1, 0.15) is 0 Å². The molecule has 0 bridgehead atoms. The molecule has 1 aliphatic rings. The van der Waals surface area contributed by atoms with Crippen molar-refractivity contribution < 1.29 is 9.90 Å². The predicted octanol–water partition coefficient (Wildman–Crippen LogP) is 3.32. The van der Waals surface area contributed by atoms with Gasteiger partial charge in [-0.1, -0.05) is 36.6 Å². The summed E-state index contributed by atoms with van der Waals surface area (Å²) in [6.07, 6.45) is 6.88. The molecule has 1 saturated carbocycles. The van der Waals surface area contributed by atoms with Crippen molar-refractivity contribution in [2.24, 2.45) is 0 Å². The van der Waals surface area contributed by atoms with Crippen molar-refractivity contribution in [3.63, 3.8) is 0 Å². The summed E-state index contributed by atoms with van der Waals surface area (Å²) >= 11 is 5.98. The van der Waals surface area contributed by atoms with Crippen LogP contribution in [0.2, 0.25) is 5.02 Å². The average Bonchev–Trinajstić information content (AvgIpc) is 3.01. The van der Waals surface area contributed by atoms with Gasteiger partial charge < -0.3 is 10.4 Å². The second kappa shape index (κ2) is 6.69. The molecule has 120 valence electrons. The maximum absolute atomic E-state index is 12.1. The van der Waals surface area contributed by atoms with Crippen LogP contribution in [0.3, 0.4) is 0 Å². The molecule has 1 aromatic heterocycles. The summed E-state index contributed by atoms with van der Waals surface area (Å²) in [7, 11) is 0. The lowest BCUT2D eigenvalue weighted by atomic mass is 9.99. The van der Waals surface area contributed by atoms with Crippen molar-refractivity contribution >= 4 is 34.5 Å². The third-order valence-corrected chi connectivity index (χ3v) is 4.57. The largest absolute Gasteiger partial charge is 0.394 e. The number of carbonyl (C=O) groups excluding carboxylic acids is 1. The fraction of sp³-hybridized carbons (Fsp3) is 0.333. The minimum Gasteiger partial charge on any atom is -0.394 e. The van der Waals surface area contributed by atoms with Gasteiger partial charge in [-0.3, -0.25) is 4.79 Å². The van der Waals surface area contributed by atoms with Crippen molar-refractivity contribution in [2.75, 3.05) is 6.61 Å². The molecule has 1 aliphatic carbocycles. The molecule has 0 aliphatic heterocycles. The van der Waals surface area contributed by atoms with E-state index >= 15 is 0 Å². The van der Waals surface area contributed by atoms with Gasteiger partial charge in [-0.15, -0.1) is 0 Å². The van der Waals surface area contributed by atoms with E-state index < -0.39 is 5.54 Å². The van der Waals surface area contributed by atoms with Gasteiger partial charge in [-0.2, -0.15) is 0 Å². The number of halogens is 1. The van der Waals surface area contributed by atoms with Crippen LogP contribution in [0.25, 0.3) is 17.0 Å². The zero-order valence-corrected chi connectivity index (χ0v) is 13.5. The van der Waals surface area contributed by atoms with Crippen molar-refractivity contribution in [3.8, 4) is 0 Å². The monoisotopic (exact) mass is 330 g/mol. The molecule has 0 unspecified atom stereocenters. The molecule has 1 fully saturated rings. The topological polar surface area (TPSA) is 62.2 Å². The molecule has 0 radical (unpaired) electrons. The van der Waals surface area contributed by atoms with E-state index in [-0.39, 0.29) is 12.5 Å². The lowest BCUT2D eigenvalue weighted by molar-refractivity contribution is -0.118. The third-order valence-electron chi connectivity index (χ3n) is 4.33. The number of fused-ring (bicyclic) bond motifs is 1. The smallest absolute Gasteiger partial charge is 0.244 e. The lowest BCUT2D eigenvalue weighted by Gasteiger charge is -2.27. The van der Waals surface area contributed by atoms with E-state index in [1.54, 1.807) is 12.1 Å². The molecular formula is C18H19ClN2O2. The zero-order valence-electron chi connectivity index (χ0n) is 12.8. The Balaban J connectivity index is 1.73. The van der Waals surface area contributed by atoms with Gasteiger partial charge >= 0.3 is 0 Å². The number of aromatic nitrogens is 1. The number of nitrogens with one attached hydrogen (secondary N) is 1. The van der Waals surface area contributed by atoms with Crippen LogP contribution in [0.5, 0.6) is 0 Å². The Morgan fingerprint density at radius 3 is 2.78 bits per heavy atom. The number of amides is 1. The first-order valence-electron chi connectivity index (χ1n) is 7.78. The molecule has 2 aromatic rings. The Morgan fingerprint density at radius 2 is 2.04 bits per heavy atom. The Morgan fingerprint density at radius 1 is 1.30 bits per heavy atom. The van der Waals surface area contributed by atoms with E-state index in [4.69, 9.17) is 11.6 Å². The third kappa shape index (κ3) is 3.71. The Kier molecular flexibility index (Phi) is 4.64. The van der Waals surface area contributed by atoms with E-state index in [1.807, 2.05) is 24.3 Å².